The number of hydrogen-bond donors (Lipinski definition) is 4. The minimum atomic E-state index is -2.93. The quantitative estimate of drug-likeness (QED) is 0.485. The molecule has 2 atom stereocenters. The molecular formula is C6H6Cl2O7. The molecule has 0 bridgehead atoms. The molecule has 7 nitrogen and oxygen atoms in total. The summed E-state index contributed by atoms with van der Waals surface area (Å²) in [5, 5.41) is 34.2. The lowest BCUT2D eigenvalue weighted by atomic mass is 9.98. The molecular weight excluding hydrogens is 255 g/mol. The fraction of sp³-hybridized carbons (Fsp3) is 0.500. The average Bonchev–Trinajstić information content (AvgIpc) is 2.02. The highest BCUT2D eigenvalue weighted by Crippen LogP contribution is 2.33. The number of hydrogen-bond acceptors (Lipinski definition) is 4. The zero-order valence-corrected chi connectivity index (χ0v) is 8.44. The van der Waals surface area contributed by atoms with Gasteiger partial charge in [-0.25, -0.2) is 9.59 Å². The molecule has 0 spiro atoms. The molecule has 86 valence electrons. The normalized spacial score (nSPS) is 15.4. The van der Waals surface area contributed by atoms with Crippen molar-refractivity contribution in [3.63, 3.8) is 0 Å². The lowest BCUT2D eigenvalue weighted by Gasteiger charge is -2.24. The van der Waals surface area contributed by atoms with Crippen molar-refractivity contribution in [3.05, 3.63) is 0 Å². The minimum absolute atomic E-state index is 1.93. The Hall–Kier alpha value is -1.05. The molecule has 0 aliphatic rings. The highest BCUT2D eigenvalue weighted by molar-refractivity contribution is 6.58. The van der Waals surface area contributed by atoms with E-state index in [0.717, 1.165) is 0 Å². The van der Waals surface area contributed by atoms with Gasteiger partial charge in [-0.3, -0.25) is 4.79 Å². The first-order valence-corrected chi connectivity index (χ1v) is 4.12. The Morgan fingerprint density at radius 2 is 1.40 bits per heavy atom. The Morgan fingerprint density at radius 3 is 1.60 bits per heavy atom. The number of aliphatic hydroxyl groups excluding tert-OH is 1. The number of carbonyl (C=O) groups is 3. The molecule has 0 fully saturated rings. The molecule has 0 aromatic carbocycles. The summed E-state index contributed by atoms with van der Waals surface area (Å²) >= 11 is 10.3. The van der Waals surface area contributed by atoms with Gasteiger partial charge in [0.25, 0.3) is 0 Å². The maximum absolute atomic E-state index is 10.5. The Labute approximate surface area is 92.8 Å². The third-order valence-corrected chi connectivity index (χ3v) is 2.30. The van der Waals surface area contributed by atoms with Crippen LogP contribution in [0.15, 0.2) is 0 Å². The fourth-order valence-corrected chi connectivity index (χ4v) is 1.19. The van der Waals surface area contributed by atoms with Gasteiger partial charge in [0.15, 0.2) is 6.10 Å². The molecule has 9 heteroatoms. The molecule has 0 aromatic heterocycles. The fourth-order valence-electron chi connectivity index (χ4n) is 0.764. The van der Waals surface area contributed by atoms with Gasteiger partial charge in [0.05, 0.1) is 0 Å². The molecule has 0 heterocycles. The monoisotopic (exact) mass is 260 g/mol. The highest BCUT2D eigenvalue weighted by atomic mass is 35.5. The maximum atomic E-state index is 10.5. The Balaban J connectivity index is 5.24. The third-order valence-electron chi connectivity index (χ3n) is 1.51. The van der Waals surface area contributed by atoms with Gasteiger partial charge in [-0.1, -0.05) is 23.2 Å². The van der Waals surface area contributed by atoms with Gasteiger partial charge < -0.3 is 20.4 Å². The van der Waals surface area contributed by atoms with E-state index in [4.69, 9.17) is 43.6 Å². The third kappa shape index (κ3) is 2.95. The van der Waals surface area contributed by atoms with Crippen molar-refractivity contribution in [2.45, 2.75) is 10.4 Å². The van der Waals surface area contributed by atoms with Gasteiger partial charge in [0.2, 0.25) is 4.33 Å². The summed E-state index contributed by atoms with van der Waals surface area (Å²) < 4.78 is -2.93. The lowest BCUT2D eigenvalue weighted by Crippen LogP contribution is -2.49. The number of alkyl halides is 2. The molecule has 0 aliphatic carbocycles. The first kappa shape index (κ1) is 13.9. The Kier molecular flexibility index (Phi) is 4.32. The standard InChI is InChI=1S/C6H6Cl2O7/c7-6(8,5(14)15)1(3(10)11)2(9)4(12)13/h1-2,9H,(H,10,11)(H,12,13)(H,14,15). The number of carboxylic acid groups (broad SMARTS) is 3. The summed E-state index contributed by atoms with van der Waals surface area (Å²) in [5.74, 6) is -8.21. The number of aliphatic carboxylic acids is 3. The highest BCUT2D eigenvalue weighted by Gasteiger charge is 2.53. The zero-order chi connectivity index (χ0) is 12.4. The molecule has 2 unspecified atom stereocenters. The van der Waals surface area contributed by atoms with Crippen LogP contribution in [0.2, 0.25) is 0 Å². The topological polar surface area (TPSA) is 132 Å². The molecule has 0 aromatic rings. The first-order chi connectivity index (χ1) is 6.62. The van der Waals surface area contributed by atoms with Crippen LogP contribution in [0, 0.1) is 5.92 Å². The van der Waals surface area contributed by atoms with Crippen molar-refractivity contribution in [1.82, 2.24) is 0 Å². The summed E-state index contributed by atoms with van der Waals surface area (Å²) in [4.78, 5) is 31.3. The van der Waals surface area contributed by atoms with Crippen LogP contribution >= 0.6 is 23.2 Å². The van der Waals surface area contributed by atoms with E-state index < -0.39 is 34.3 Å². The van der Waals surface area contributed by atoms with E-state index in [-0.39, 0.29) is 0 Å². The van der Waals surface area contributed by atoms with Crippen LogP contribution in [0.5, 0.6) is 0 Å². The van der Waals surface area contributed by atoms with E-state index in [2.05, 4.69) is 0 Å². The van der Waals surface area contributed by atoms with Gasteiger partial charge >= 0.3 is 17.9 Å². The first-order valence-electron chi connectivity index (χ1n) is 3.37. The second kappa shape index (κ2) is 4.65. The second-order valence-corrected chi connectivity index (χ2v) is 3.91. The van der Waals surface area contributed by atoms with Gasteiger partial charge in [0, 0.05) is 0 Å². The predicted octanol–water partition coefficient (Wildman–Crippen LogP) is -0.609. The number of rotatable bonds is 5. The summed E-state index contributed by atoms with van der Waals surface area (Å²) in [7, 11) is 0. The van der Waals surface area contributed by atoms with E-state index in [9.17, 15) is 14.4 Å². The van der Waals surface area contributed by atoms with E-state index in [1.165, 1.54) is 0 Å². The Morgan fingerprint density at radius 1 is 1.00 bits per heavy atom. The molecule has 0 amide bonds. The van der Waals surface area contributed by atoms with Gasteiger partial charge in [-0.05, 0) is 0 Å². The average molecular weight is 261 g/mol. The Bertz CT molecular complexity index is 300. The van der Waals surface area contributed by atoms with Crippen LogP contribution < -0.4 is 0 Å². The molecule has 0 saturated heterocycles. The lowest BCUT2D eigenvalue weighted by molar-refractivity contribution is -0.163. The smallest absolute Gasteiger partial charge is 0.341 e. The van der Waals surface area contributed by atoms with Gasteiger partial charge in [-0.15, -0.1) is 0 Å². The van der Waals surface area contributed by atoms with E-state index in [1.54, 1.807) is 0 Å². The largest absolute Gasteiger partial charge is 0.481 e. The van der Waals surface area contributed by atoms with Crippen LogP contribution in [-0.4, -0.2) is 48.8 Å². The summed E-state index contributed by atoms with van der Waals surface area (Å²) in [5.41, 5.74) is 0. The van der Waals surface area contributed by atoms with E-state index in [0.29, 0.717) is 0 Å². The molecule has 15 heavy (non-hydrogen) atoms. The SMILES string of the molecule is O=C(O)C(O)C(C(=O)O)C(Cl)(Cl)C(=O)O. The zero-order valence-electron chi connectivity index (χ0n) is 6.92. The van der Waals surface area contributed by atoms with Crippen LogP contribution in [0.3, 0.4) is 0 Å². The van der Waals surface area contributed by atoms with Crippen molar-refractivity contribution in [2.75, 3.05) is 0 Å². The molecule has 0 saturated carbocycles. The summed E-state index contributed by atoms with van der Waals surface area (Å²) in [6.07, 6.45) is -2.52. The van der Waals surface area contributed by atoms with Crippen molar-refractivity contribution in [2.24, 2.45) is 5.92 Å². The van der Waals surface area contributed by atoms with Crippen molar-refractivity contribution >= 4 is 41.1 Å². The van der Waals surface area contributed by atoms with Crippen LogP contribution in [0.4, 0.5) is 0 Å². The maximum Gasteiger partial charge on any atom is 0.341 e. The van der Waals surface area contributed by atoms with Crippen molar-refractivity contribution in [1.29, 1.82) is 0 Å². The van der Waals surface area contributed by atoms with Crippen molar-refractivity contribution in [3.8, 4) is 0 Å². The van der Waals surface area contributed by atoms with Crippen LogP contribution in [-0.2, 0) is 14.4 Å². The second-order valence-electron chi connectivity index (χ2n) is 2.53. The van der Waals surface area contributed by atoms with E-state index in [1.807, 2.05) is 0 Å². The summed E-state index contributed by atoms with van der Waals surface area (Å²) in [6.45, 7) is 0. The minimum Gasteiger partial charge on any atom is -0.481 e. The van der Waals surface area contributed by atoms with Gasteiger partial charge in [0.1, 0.15) is 5.92 Å². The van der Waals surface area contributed by atoms with Gasteiger partial charge in [-0.2, -0.15) is 0 Å². The molecule has 0 aliphatic heterocycles. The molecule has 4 N–H and O–H groups in total. The molecule has 0 rings (SSSR count). The number of aliphatic hydroxyl groups is 1. The molecule has 0 radical (unpaired) electrons. The summed E-state index contributed by atoms with van der Waals surface area (Å²) in [6, 6.07) is 0. The number of carboxylic acids is 3. The predicted molar refractivity (Wildman–Crippen MR) is 46.8 cm³/mol. The van der Waals surface area contributed by atoms with E-state index >= 15 is 0 Å². The number of halogens is 2. The van der Waals surface area contributed by atoms with Crippen LogP contribution in [0.25, 0.3) is 0 Å². The van der Waals surface area contributed by atoms with Crippen molar-refractivity contribution < 1.29 is 34.8 Å². The van der Waals surface area contributed by atoms with Crippen LogP contribution in [0.1, 0.15) is 0 Å².